The molecule has 4 rings (SSSR count). The Kier molecular flexibility index (Phi) is 6.61. The van der Waals surface area contributed by atoms with Crippen LogP contribution < -0.4 is 19.3 Å². The Morgan fingerprint density at radius 2 is 1.81 bits per heavy atom. The summed E-state index contributed by atoms with van der Waals surface area (Å²) in [6.07, 6.45) is 1.92. The molecule has 2 aliphatic rings. The summed E-state index contributed by atoms with van der Waals surface area (Å²) in [7, 11) is 3.31. The first kappa shape index (κ1) is 21.4. The number of carbonyl (C=O) groups excluding carboxylic acids is 1. The molecule has 0 saturated carbocycles. The van der Waals surface area contributed by atoms with E-state index < -0.39 is 0 Å². The Morgan fingerprint density at radius 1 is 1.06 bits per heavy atom. The van der Waals surface area contributed by atoms with E-state index in [1.165, 1.54) is 17.0 Å². The number of halogens is 1. The zero-order chi connectivity index (χ0) is 21.8. The lowest BCUT2D eigenvalue weighted by molar-refractivity contribution is -0.892. The van der Waals surface area contributed by atoms with Crippen molar-refractivity contribution in [2.45, 2.75) is 18.9 Å². The van der Waals surface area contributed by atoms with Crippen LogP contribution in [0.2, 0.25) is 0 Å². The number of ether oxygens (including phenoxy) is 2. The van der Waals surface area contributed by atoms with Crippen LogP contribution in [-0.2, 0) is 4.79 Å². The van der Waals surface area contributed by atoms with Crippen LogP contribution in [0.3, 0.4) is 0 Å². The molecule has 2 aromatic rings. The van der Waals surface area contributed by atoms with Gasteiger partial charge in [-0.1, -0.05) is 0 Å². The van der Waals surface area contributed by atoms with Crippen molar-refractivity contribution in [2.75, 3.05) is 58.4 Å². The highest BCUT2D eigenvalue weighted by Gasteiger charge is 2.34. The van der Waals surface area contributed by atoms with Gasteiger partial charge in [-0.3, -0.25) is 4.79 Å². The van der Waals surface area contributed by atoms with Crippen molar-refractivity contribution in [2.24, 2.45) is 0 Å². The normalized spacial score (nSPS) is 19.5. The molecular weight excluding hydrogens is 397 g/mol. The molecule has 2 aromatic carbocycles. The summed E-state index contributed by atoms with van der Waals surface area (Å²) in [4.78, 5) is 18.8. The van der Waals surface area contributed by atoms with E-state index in [4.69, 9.17) is 9.47 Å². The maximum atomic E-state index is 13.2. The van der Waals surface area contributed by atoms with Crippen LogP contribution in [0.4, 0.5) is 10.1 Å². The molecule has 1 N–H and O–H groups in total. The van der Waals surface area contributed by atoms with Crippen LogP contribution in [0.5, 0.6) is 11.5 Å². The highest BCUT2D eigenvalue weighted by Crippen LogP contribution is 2.38. The summed E-state index contributed by atoms with van der Waals surface area (Å²) in [6.45, 7) is 4.79. The molecule has 2 heterocycles. The highest BCUT2D eigenvalue weighted by atomic mass is 19.1. The van der Waals surface area contributed by atoms with E-state index in [0.29, 0.717) is 6.54 Å². The van der Waals surface area contributed by atoms with Crippen molar-refractivity contribution in [3.63, 3.8) is 0 Å². The Balaban J connectivity index is 1.38. The predicted octanol–water partition coefficient (Wildman–Crippen LogP) is 1.91. The molecule has 2 fully saturated rings. The minimum atomic E-state index is -0.216. The number of piperazine rings is 1. The molecule has 6 nitrogen and oxygen atoms in total. The molecule has 1 atom stereocenters. The molecule has 2 aliphatic heterocycles. The lowest BCUT2D eigenvalue weighted by atomic mass is 10.0. The van der Waals surface area contributed by atoms with E-state index in [1.807, 2.05) is 35.2 Å². The predicted molar refractivity (Wildman–Crippen MR) is 117 cm³/mol. The maximum Gasteiger partial charge on any atom is 0.278 e. The molecule has 0 unspecified atom stereocenters. The van der Waals surface area contributed by atoms with Crippen molar-refractivity contribution in [1.29, 1.82) is 0 Å². The number of quaternary nitrogens is 1. The average Bonchev–Trinajstić information content (AvgIpc) is 3.30. The number of carbonyl (C=O) groups is 1. The Hall–Kier alpha value is -2.80. The number of methoxy groups -OCH3 is 2. The maximum absolute atomic E-state index is 13.2. The van der Waals surface area contributed by atoms with Gasteiger partial charge in [0.25, 0.3) is 5.91 Å². The molecular formula is C24H31FN3O3+. The van der Waals surface area contributed by atoms with Gasteiger partial charge in [-0.05, 0) is 55.3 Å². The fraction of sp³-hybridized carbons (Fsp3) is 0.458. The van der Waals surface area contributed by atoms with E-state index in [-0.39, 0.29) is 17.8 Å². The van der Waals surface area contributed by atoms with Gasteiger partial charge in [0.2, 0.25) is 0 Å². The van der Waals surface area contributed by atoms with E-state index in [1.54, 1.807) is 14.2 Å². The Morgan fingerprint density at radius 3 is 2.48 bits per heavy atom. The van der Waals surface area contributed by atoms with Crippen LogP contribution in [0.25, 0.3) is 0 Å². The van der Waals surface area contributed by atoms with Crippen LogP contribution in [0.15, 0.2) is 42.5 Å². The van der Waals surface area contributed by atoms with Crippen molar-refractivity contribution in [3.8, 4) is 11.5 Å². The molecule has 2 saturated heterocycles. The van der Waals surface area contributed by atoms with Crippen LogP contribution in [0, 0.1) is 5.82 Å². The van der Waals surface area contributed by atoms with Gasteiger partial charge in [0.15, 0.2) is 6.54 Å². The topological polar surface area (TPSA) is 46.5 Å². The first-order chi connectivity index (χ1) is 15.1. The standard InChI is InChI=1S/C24H30FN3O3/c1-30-20-9-10-23(31-2)21(16-20)22-4-3-11-28(22)24(29)17-26-12-14-27(15-13-26)19-7-5-18(25)6-8-19/h5-10,16,22H,3-4,11-15,17H2,1-2H3/p+1/t22-/m1/s1. The minimum absolute atomic E-state index is 0.0254. The van der Waals surface area contributed by atoms with Gasteiger partial charge < -0.3 is 24.2 Å². The highest BCUT2D eigenvalue weighted by molar-refractivity contribution is 5.78. The second-order valence-electron chi connectivity index (χ2n) is 8.24. The number of benzene rings is 2. The third-order valence-corrected chi connectivity index (χ3v) is 6.43. The molecule has 31 heavy (non-hydrogen) atoms. The molecule has 0 bridgehead atoms. The summed E-state index contributed by atoms with van der Waals surface area (Å²) in [5.41, 5.74) is 2.06. The summed E-state index contributed by atoms with van der Waals surface area (Å²) in [6, 6.07) is 12.4. The van der Waals surface area contributed by atoms with Gasteiger partial charge in [-0.15, -0.1) is 0 Å². The first-order valence-corrected chi connectivity index (χ1v) is 10.9. The van der Waals surface area contributed by atoms with Crippen molar-refractivity contribution in [1.82, 2.24) is 4.90 Å². The number of nitrogens with one attached hydrogen (secondary N) is 1. The van der Waals surface area contributed by atoms with Crippen molar-refractivity contribution < 1.29 is 23.6 Å². The van der Waals surface area contributed by atoms with Gasteiger partial charge in [0, 0.05) is 17.8 Å². The summed E-state index contributed by atoms with van der Waals surface area (Å²) < 4.78 is 24.1. The van der Waals surface area contributed by atoms with Gasteiger partial charge in [-0.2, -0.15) is 0 Å². The quantitative estimate of drug-likeness (QED) is 0.764. The summed E-state index contributed by atoms with van der Waals surface area (Å²) in [5.74, 6) is 1.55. The average molecular weight is 429 g/mol. The molecule has 0 radical (unpaired) electrons. The van der Waals surface area contributed by atoms with Gasteiger partial charge in [0.05, 0.1) is 46.4 Å². The van der Waals surface area contributed by atoms with Crippen molar-refractivity contribution >= 4 is 11.6 Å². The first-order valence-electron chi connectivity index (χ1n) is 10.9. The molecule has 0 spiro atoms. The second-order valence-corrected chi connectivity index (χ2v) is 8.24. The summed E-state index contributed by atoms with van der Waals surface area (Å²) >= 11 is 0. The fourth-order valence-corrected chi connectivity index (χ4v) is 4.71. The zero-order valence-corrected chi connectivity index (χ0v) is 18.3. The zero-order valence-electron chi connectivity index (χ0n) is 18.3. The van der Waals surface area contributed by atoms with E-state index in [2.05, 4.69) is 4.90 Å². The van der Waals surface area contributed by atoms with Gasteiger partial charge in [0.1, 0.15) is 17.3 Å². The number of hydrogen-bond donors (Lipinski definition) is 1. The monoisotopic (exact) mass is 428 g/mol. The number of amides is 1. The summed E-state index contributed by atoms with van der Waals surface area (Å²) in [5, 5.41) is 0. The van der Waals surface area contributed by atoms with Crippen molar-refractivity contribution in [3.05, 3.63) is 53.8 Å². The number of likely N-dealkylation sites (tertiary alicyclic amines) is 1. The lowest BCUT2D eigenvalue weighted by Gasteiger charge is -2.34. The fourth-order valence-electron chi connectivity index (χ4n) is 4.71. The largest absolute Gasteiger partial charge is 0.497 e. The molecule has 1 amide bonds. The molecule has 7 heteroatoms. The number of hydrogen-bond acceptors (Lipinski definition) is 4. The van der Waals surface area contributed by atoms with Crippen LogP contribution in [-0.4, -0.2) is 64.3 Å². The lowest BCUT2D eigenvalue weighted by Crippen LogP contribution is -3.15. The smallest absolute Gasteiger partial charge is 0.278 e. The second kappa shape index (κ2) is 9.56. The van der Waals surface area contributed by atoms with Gasteiger partial charge in [-0.25, -0.2) is 4.39 Å². The number of anilines is 1. The minimum Gasteiger partial charge on any atom is -0.497 e. The van der Waals surface area contributed by atoms with Crippen LogP contribution in [0.1, 0.15) is 24.4 Å². The van der Waals surface area contributed by atoms with E-state index in [9.17, 15) is 9.18 Å². The van der Waals surface area contributed by atoms with Crippen LogP contribution >= 0.6 is 0 Å². The third kappa shape index (κ3) is 4.77. The Bertz CT molecular complexity index is 897. The van der Waals surface area contributed by atoms with E-state index in [0.717, 1.165) is 68.3 Å². The van der Waals surface area contributed by atoms with E-state index >= 15 is 0 Å². The number of nitrogens with zero attached hydrogens (tertiary/aromatic N) is 2. The third-order valence-electron chi connectivity index (χ3n) is 6.43. The molecule has 0 aliphatic carbocycles. The Labute approximate surface area is 183 Å². The SMILES string of the molecule is COc1ccc(OC)c([C@H]2CCCN2C(=O)C[NH+]2CCN(c3ccc(F)cc3)CC2)c1. The van der Waals surface area contributed by atoms with Gasteiger partial charge >= 0.3 is 0 Å². The number of rotatable bonds is 6. The molecule has 166 valence electrons. The molecule has 0 aromatic heterocycles.